The van der Waals surface area contributed by atoms with Gasteiger partial charge in [0.1, 0.15) is 4.90 Å². The molecule has 0 unspecified atom stereocenters. The van der Waals surface area contributed by atoms with Crippen molar-refractivity contribution in [1.29, 1.82) is 0 Å². The predicted octanol–water partition coefficient (Wildman–Crippen LogP) is 3.57. The van der Waals surface area contributed by atoms with E-state index in [0.717, 1.165) is 24.3 Å². The van der Waals surface area contributed by atoms with Crippen LogP contribution in [-0.4, -0.2) is 31.9 Å². The highest BCUT2D eigenvalue weighted by Gasteiger charge is 2.27. The molecule has 0 aromatic carbocycles. The molecule has 0 aliphatic heterocycles. The SMILES string of the molecule is CCCCN(CC)S(=O)(=O)c1cc(CNC2CC2)sc1Br. The number of unbranched alkanes of at least 4 members (excludes halogenated alkanes) is 1. The van der Waals surface area contributed by atoms with Gasteiger partial charge in [0.15, 0.2) is 0 Å². The largest absolute Gasteiger partial charge is 0.309 e. The van der Waals surface area contributed by atoms with Gasteiger partial charge >= 0.3 is 0 Å². The summed E-state index contributed by atoms with van der Waals surface area (Å²) in [5, 5.41) is 3.42. The van der Waals surface area contributed by atoms with Gasteiger partial charge in [-0.1, -0.05) is 20.3 Å². The fourth-order valence-electron chi connectivity index (χ4n) is 2.11. The average molecular weight is 395 g/mol. The minimum atomic E-state index is -3.39. The third-order valence-corrected chi connectivity index (χ3v) is 7.81. The van der Waals surface area contributed by atoms with Crippen LogP contribution in [0.4, 0.5) is 0 Å². The van der Waals surface area contributed by atoms with Crippen molar-refractivity contribution in [2.24, 2.45) is 0 Å². The summed E-state index contributed by atoms with van der Waals surface area (Å²) < 4.78 is 27.8. The van der Waals surface area contributed by atoms with Crippen LogP contribution in [0.5, 0.6) is 0 Å². The van der Waals surface area contributed by atoms with Gasteiger partial charge < -0.3 is 5.32 Å². The van der Waals surface area contributed by atoms with Crippen LogP contribution in [0.15, 0.2) is 14.7 Å². The van der Waals surface area contributed by atoms with Crippen LogP contribution in [0, 0.1) is 0 Å². The molecule has 0 saturated heterocycles. The Bertz CT molecular complexity index is 568. The molecule has 1 saturated carbocycles. The second kappa shape index (κ2) is 7.55. The van der Waals surface area contributed by atoms with Crippen LogP contribution in [0.2, 0.25) is 0 Å². The van der Waals surface area contributed by atoms with Gasteiger partial charge in [-0.2, -0.15) is 4.31 Å². The summed E-state index contributed by atoms with van der Waals surface area (Å²) in [7, 11) is -3.39. The van der Waals surface area contributed by atoms with Crippen molar-refractivity contribution in [2.45, 2.75) is 57.0 Å². The van der Waals surface area contributed by atoms with Crippen LogP contribution in [-0.2, 0) is 16.6 Å². The van der Waals surface area contributed by atoms with E-state index in [0.29, 0.717) is 27.8 Å². The average Bonchev–Trinajstić information content (AvgIpc) is 3.19. The molecule has 0 amide bonds. The molecule has 1 aromatic rings. The van der Waals surface area contributed by atoms with Gasteiger partial charge in [-0.05, 0) is 41.3 Å². The summed E-state index contributed by atoms with van der Waals surface area (Å²) >= 11 is 4.94. The first-order chi connectivity index (χ1) is 9.98. The minimum Gasteiger partial charge on any atom is -0.309 e. The Morgan fingerprint density at radius 2 is 2.14 bits per heavy atom. The molecule has 120 valence electrons. The van der Waals surface area contributed by atoms with Gasteiger partial charge in [-0.3, -0.25) is 0 Å². The van der Waals surface area contributed by atoms with Crippen molar-refractivity contribution in [2.75, 3.05) is 13.1 Å². The summed E-state index contributed by atoms with van der Waals surface area (Å²) in [6.45, 7) is 5.82. The molecular weight excluding hydrogens is 372 g/mol. The number of thiophene rings is 1. The molecule has 1 aromatic heterocycles. The molecule has 1 aliphatic rings. The summed E-state index contributed by atoms with van der Waals surface area (Å²) in [5.41, 5.74) is 0. The van der Waals surface area contributed by atoms with E-state index in [4.69, 9.17) is 0 Å². The first-order valence-corrected chi connectivity index (χ1v) is 10.6. The maximum absolute atomic E-state index is 12.7. The number of rotatable bonds is 9. The topological polar surface area (TPSA) is 49.4 Å². The zero-order chi connectivity index (χ0) is 15.5. The van der Waals surface area contributed by atoms with Gasteiger partial charge in [0.05, 0.1) is 3.79 Å². The quantitative estimate of drug-likeness (QED) is 0.696. The third kappa shape index (κ3) is 4.51. The van der Waals surface area contributed by atoms with Gasteiger partial charge in [-0.25, -0.2) is 8.42 Å². The lowest BCUT2D eigenvalue weighted by atomic mass is 10.3. The molecule has 0 atom stereocenters. The number of hydrogen-bond donors (Lipinski definition) is 1. The number of hydrogen-bond acceptors (Lipinski definition) is 4. The normalized spacial score (nSPS) is 15.8. The Morgan fingerprint density at radius 3 is 2.71 bits per heavy atom. The van der Waals surface area contributed by atoms with Crippen molar-refractivity contribution in [3.63, 3.8) is 0 Å². The third-order valence-electron chi connectivity index (χ3n) is 3.58. The van der Waals surface area contributed by atoms with Crippen LogP contribution < -0.4 is 5.32 Å². The van der Waals surface area contributed by atoms with Crippen LogP contribution in [0.1, 0.15) is 44.4 Å². The lowest BCUT2D eigenvalue weighted by molar-refractivity contribution is 0.419. The first-order valence-electron chi connectivity index (χ1n) is 7.50. The standard InChI is InChI=1S/C14H23BrN2O2S2/c1-3-5-8-17(4-2)21(18,19)13-9-12(20-14(13)15)10-16-11-6-7-11/h9,11,16H,3-8,10H2,1-2H3. The number of nitrogens with zero attached hydrogens (tertiary/aromatic N) is 1. The summed E-state index contributed by atoms with van der Waals surface area (Å²) in [4.78, 5) is 1.48. The van der Waals surface area contributed by atoms with Gasteiger partial charge in [0.2, 0.25) is 10.0 Å². The minimum absolute atomic E-state index is 0.415. The highest BCUT2D eigenvalue weighted by molar-refractivity contribution is 9.11. The second-order valence-corrected chi connectivity index (χ2v) is 9.72. The summed E-state index contributed by atoms with van der Waals surface area (Å²) in [6, 6.07) is 2.44. The van der Waals surface area contributed by atoms with E-state index in [-0.39, 0.29) is 0 Å². The van der Waals surface area contributed by atoms with Crippen LogP contribution >= 0.6 is 27.3 Å². The van der Waals surface area contributed by atoms with E-state index in [9.17, 15) is 8.42 Å². The Balaban J connectivity index is 2.13. The highest BCUT2D eigenvalue weighted by atomic mass is 79.9. The van der Waals surface area contributed by atoms with Crippen LogP contribution in [0.25, 0.3) is 0 Å². The Kier molecular flexibility index (Phi) is 6.25. The van der Waals surface area contributed by atoms with Crippen molar-refractivity contribution >= 4 is 37.3 Å². The molecule has 0 radical (unpaired) electrons. The van der Waals surface area contributed by atoms with Crippen molar-refractivity contribution < 1.29 is 8.42 Å². The molecule has 2 rings (SSSR count). The maximum atomic E-state index is 12.7. The Labute approximate surface area is 140 Å². The van der Waals surface area contributed by atoms with Crippen molar-refractivity contribution in [3.8, 4) is 0 Å². The fraction of sp³-hybridized carbons (Fsp3) is 0.714. The van der Waals surface area contributed by atoms with E-state index in [1.165, 1.54) is 24.2 Å². The number of halogens is 1. The molecule has 1 aliphatic carbocycles. The molecule has 0 bridgehead atoms. The Hall–Kier alpha value is 0.0500. The predicted molar refractivity (Wildman–Crippen MR) is 91.2 cm³/mol. The van der Waals surface area contributed by atoms with Crippen molar-refractivity contribution in [3.05, 3.63) is 14.7 Å². The monoisotopic (exact) mass is 394 g/mol. The first kappa shape index (κ1) is 17.4. The second-order valence-electron chi connectivity index (χ2n) is 5.36. The molecule has 7 heteroatoms. The zero-order valence-corrected chi connectivity index (χ0v) is 15.8. The van der Waals surface area contributed by atoms with E-state index < -0.39 is 10.0 Å². The molecule has 4 nitrogen and oxygen atoms in total. The summed E-state index contributed by atoms with van der Waals surface area (Å²) in [5.74, 6) is 0. The lowest BCUT2D eigenvalue weighted by Gasteiger charge is -2.19. The van der Waals surface area contributed by atoms with Gasteiger partial charge in [0.25, 0.3) is 0 Å². The molecular formula is C14H23BrN2O2S2. The molecule has 1 fully saturated rings. The fourth-order valence-corrected chi connectivity index (χ4v) is 6.19. The molecule has 21 heavy (non-hydrogen) atoms. The lowest BCUT2D eigenvalue weighted by Crippen LogP contribution is -2.31. The maximum Gasteiger partial charge on any atom is 0.245 e. The number of sulfonamides is 1. The highest BCUT2D eigenvalue weighted by Crippen LogP contribution is 2.34. The number of nitrogens with one attached hydrogen (secondary N) is 1. The Morgan fingerprint density at radius 1 is 1.43 bits per heavy atom. The van der Waals surface area contributed by atoms with Crippen LogP contribution in [0.3, 0.4) is 0 Å². The van der Waals surface area contributed by atoms with Crippen molar-refractivity contribution in [1.82, 2.24) is 9.62 Å². The molecule has 0 spiro atoms. The molecule has 1 heterocycles. The van der Waals surface area contributed by atoms with E-state index in [1.54, 1.807) is 4.31 Å². The van der Waals surface area contributed by atoms with Gasteiger partial charge in [0, 0.05) is 30.6 Å². The summed E-state index contributed by atoms with van der Waals surface area (Å²) in [6.07, 6.45) is 4.36. The zero-order valence-electron chi connectivity index (χ0n) is 12.6. The van der Waals surface area contributed by atoms with E-state index in [2.05, 4.69) is 28.2 Å². The smallest absolute Gasteiger partial charge is 0.245 e. The van der Waals surface area contributed by atoms with Gasteiger partial charge in [-0.15, -0.1) is 11.3 Å². The molecule has 1 N–H and O–H groups in total. The van der Waals surface area contributed by atoms with E-state index in [1.807, 2.05) is 13.0 Å². The van der Waals surface area contributed by atoms with E-state index >= 15 is 0 Å².